The average molecular weight is 264 g/mol. The molecular weight excluding hydrogens is 248 g/mol. The van der Waals surface area contributed by atoms with Crippen LogP contribution >= 0.6 is 11.3 Å². The fourth-order valence-corrected chi connectivity index (χ4v) is 2.85. The second kappa shape index (κ2) is 5.96. The molecule has 0 bridgehead atoms. The Bertz CT molecular complexity index is 465. The van der Waals surface area contributed by atoms with Crippen LogP contribution < -0.4 is 11.1 Å². The van der Waals surface area contributed by atoms with Crippen molar-refractivity contribution in [2.75, 3.05) is 25.0 Å². The highest BCUT2D eigenvalue weighted by Crippen LogP contribution is 2.22. The first kappa shape index (κ1) is 13.0. The fourth-order valence-electron chi connectivity index (χ4n) is 2.10. The number of rotatable bonds is 3. The van der Waals surface area contributed by atoms with Gasteiger partial charge in [0, 0.05) is 12.6 Å². The Labute approximate surface area is 110 Å². The minimum absolute atomic E-state index is 0.0805. The molecule has 1 aromatic heterocycles. The van der Waals surface area contributed by atoms with Crippen LogP contribution in [0.5, 0.6) is 0 Å². The predicted octanol–water partition coefficient (Wildman–Crippen LogP) is 0.981. The van der Waals surface area contributed by atoms with Crippen molar-refractivity contribution < 1.29 is 4.79 Å². The van der Waals surface area contributed by atoms with Crippen LogP contribution in [0, 0.1) is 11.3 Å². The summed E-state index contributed by atoms with van der Waals surface area (Å²) in [5, 5.41) is 14.1. The van der Waals surface area contributed by atoms with Gasteiger partial charge < -0.3 is 11.1 Å². The van der Waals surface area contributed by atoms with Gasteiger partial charge in [-0.05, 0) is 30.8 Å². The van der Waals surface area contributed by atoms with Crippen LogP contribution in [0.4, 0.5) is 5.00 Å². The summed E-state index contributed by atoms with van der Waals surface area (Å²) in [7, 11) is 0. The van der Waals surface area contributed by atoms with Crippen molar-refractivity contribution in [3.05, 3.63) is 17.0 Å². The van der Waals surface area contributed by atoms with E-state index < -0.39 is 0 Å². The van der Waals surface area contributed by atoms with Crippen LogP contribution in [0.3, 0.4) is 0 Å². The predicted molar refractivity (Wildman–Crippen MR) is 71.3 cm³/mol. The number of carbonyl (C=O) groups excluding carboxylic acids is 1. The van der Waals surface area contributed by atoms with Crippen molar-refractivity contribution in [1.82, 2.24) is 4.90 Å². The lowest BCUT2D eigenvalue weighted by atomic mass is 10.1. The lowest BCUT2D eigenvalue weighted by molar-refractivity contribution is -0.117. The summed E-state index contributed by atoms with van der Waals surface area (Å²) in [4.78, 5) is 13.9. The summed E-state index contributed by atoms with van der Waals surface area (Å²) in [5.74, 6) is -0.0805. The minimum Gasteiger partial charge on any atom is -0.327 e. The molecular formula is C12H16N4OS. The quantitative estimate of drug-likeness (QED) is 0.852. The van der Waals surface area contributed by atoms with Gasteiger partial charge in [0.1, 0.15) is 11.1 Å². The summed E-state index contributed by atoms with van der Waals surface area (Å²) in [6.45, 7) is 2.02. The Morgan fingerprint density at radius 1 is 1.72 bits per heavy atom. The van der Waals surface area contributed by atoms with Crippen molar-refractivity contribution in [2.24, 2.45) is 5.73 Å². The highest BCUT2D eigenvalue weighted by atomic mass is 32.1. The molecule has 0 spiro atoms. The van der Waals surface area contributed by atoms with Gasteiger partial charge in [-0.2, -0.15) is 5.26 Å². The van der Waals surface area contributed by atoms with Crippen LogP contribution in [-0.2, 0) is 4.79 Å². The van der Waals surface area contributed by atoms with E-state index in [0.717, 1.165) is 25.9 Å². The highest BCUT2D eigenvalue weighted by Gasteiger charge is 2.19. The van der Waals surface area contributed by atoms with E-state index in [2.05, 4.69) is 16.3 Å². The number of hydrogen-bond acceptors (Lipinski definition) is 5. The van der Waals surface area contributed by atoms with E-state index >= 15 is 0 Å². The fraction of sp³-hybridized carbons (Fsp3) is 0.500. The van der Waals surface area contributed by atoms with E-state index in [1.165, 1.54) is 11.3 Å². The minimum atomic E-state index is -0.0805. The first-order valence-electron chi connectivity index (χ1n) is 5.94. The molecule has 96 valence electrons. The zero-order valence-corrected chi connectivity index (χ0v) is 10.9. The van der Waals surface area contributed by atoms with E-state index in [1.54, 1.807) is 11.4 Å². The lowest BCUT2D eigenvalue weighted by Gasteiger charge is -2.29. The smallest absolute Gasteiger partial charge is 0.239 e. The van der Waals surface area contributed by atoms with Gasteiger partial charge in [0.05, 0.1) is 12.1 Å². The van der Waals surface area contributed by atoms with Crippen molar-refractivity contribution in [3.8, 4) is 6.07 Å². The van der Waals surface area contributed by atoms with Gasteiger partial charge in [-0.15, -0.1) is 11.3 Å². The standard InChI is InChI=1S/C12H16N4OS/c13-6-9-3-5-18-12(9)15-11(17)8-16-4-1-2-10(14)7-16/h3,5,10H,1-2,4,7-8,14H2,(H,15,17)/t10-/m1/s1. The van der Waals surface area contributed by atoms with Crippen LogP contribution in [0.2, 0.25) is 0 Å². The molecule has 1 amide bonds. The summed E-state index contributed by atoms with van der Waals surface area (Å²) >= 11 is 1.37. The molecule has 2 rings (SSSR count). The summed E-state index contributed by atoms with van der Waals surface area (Å²) < 4.78 is 0. The number of nitrogens with two attached hydrogens (primary N) is 1. The molecule has 1 saturated heterocycles. The van der Waals surface area contributed by atoms with Crippen LogP contribution in [0.1, 0.15) is 18.4 Å². The molecule has 0 unspecified atom stereocenters. The zero-order chi connectivity index (χ0) is 13.0. The van der Waals surface area contributed by atoms with E-state index in [1.807, 2.05) is 0 Å². The Morgan fingerprint density at radius 2 is 2.56 bits per heavy atom. The molecule has 5 nitrogen and oxygen atoms in total. The van der Waals surface area contributed by atoms with E-state index in [-0.39, 0.29) is 11.9 Å². The highest BCUT2D eigenvalue weighted by molar-refractivity contribution is 7.14. The number of hydrogen-bond donors (Lipinski definition) is 2. The van der Waals surface area contributed by atoms with Gasteiger partial charge in [-0.3, -0.25) is 9.69 Å². The Morgan fingerprint density at radius 3 is 3.28 bits per heavy atom. The molecule has 0 saturated carbocycles. The molecule has 0 radical (unpaired) electrons. The molecule has 6 heteroatoms. The second-order valence-electron chi connectivity index (χ2n) is 4.46. The molecule has 18 heavy (non-hydrogen) atoms. The largest absolute Gasteiger partial charge is 0.327 e. The molecule has 0 aliphatic carbocycles. The number of nitrogens with one attached hydrogen (secondary N) is 1. The van der Waals surface area contributed by atoms with Gasteiger partial charge >= 0.3 is 0 Å². The number of thiophene rings is 1. The van der Waals surface area contributed by atoms with Crippen molar-refractivity contribution in [2.45, 2.75) is 18.9 Å². The van der Waals surface area contributed by atoms with Gasteiger partial charge in [0.15, 0.2) is 0 Å². The number of likely N-dealkylation sites (tertiary alicyclic amines) is 1. The van der Waals surface area contributed by atoms with Crippen molar-refractivity contribution >= 4 is 22.2 Å². The lowest BCUT2D eigenvalue weighted by Crippen LogP contribution is -2.45. The van der Waals surface area contributed by atoms with Crippen LogP contribution in [0.15, 0.2) is 11.4 Å². The molecule has 2 heterocycles. The SMILES string of the molecule is N#Cc1ccsc1NC(=O)CN1CCC[C@@H](N)C1. The van der Waals surface area contributed by atoms with Crippen molar-refractivity contribution in [3.63, 3.8) is 0 Å². The number of nitriles is 1. The first-order chi connectivity index (χ1) is 8.69. The van der Waals surface area contributed by atoms with Gasteiger partial charge in [0.25, 0.3) is 0 Å². The second-order valence-corrected chi connectivity index (χ2v) is 5.38. The zero-order valence-electron chi connectivity index (χ0n) is 10.1. The van der Waals surface area contributed by atoms with E-state index in [0.29, 0.717) is 17.1 Å². The number of anilines is 1. The molecule has 1 aromatic rings. The van der Waals surface area contributed by atoms with E-state index in [9.17, 15) is 4.79 Å². The summed E-state index contributed by atoms with van der Waals surface area (Å²) in [6.07, 6.45) is 2.07. The number of piperidine rings is 1. The normalized spacial score (nSPS) is 20.3. The Kier molecular flexibility index (Phi) is 4.31. The molecule has 1 atom stereocenters. The summed E-state index contributed by atoms with van der Waals surface area (Å²) in [5.41, 5.74) is 6.39. The third-order valence-electron chi connectivity index (χ3n) is 2.95. The van der Waals surface area contributed by atoms with Crippen LogP contribution in [-0.4, -0.2) is 36.5 Å². The molecule has 0 aromatic carbocycles. The topological polar surface area (TPSA) is 82.2 Å². The third-order valence-corrected chi connectivity index (χ3v) is 3.78. The molecule has 1 aliphatic heterocycles. The molecule has 1 aliphatic rings. The van der Waals surface area contributed by atoms with E-state index in [4.69, 9.17) is 11.0 Å². The Hall–Kier alpha value is -1.42. The molecule has 3 N–H and O–H groups in total. The number of nitrogens with zero attached hydrogens (tertiary/aromatic N) is 2. The maximum absolute atomic E-state index is 11.9. The van der Waals surface area contributed by atoms with Gasteiger partial charge in [0.2, 0.25) is 5.91 Å². The van der Waals surface area contributed by atoms with Gasteiger partial charge in [-0.25, -0.2) is 0 Å². The Balaban J connectivity index is 1.87. The number of amides is 1. The average Bonchev–Trinajstić information content (AvgIpc) is 2.76. The van der Waals surface area contributed by atoms with Gasteiger partial charge in [-0.1, -0.05) is 0 Å². The monoisotopic (exact) mass is 264 g/mol. The summed E-state index contributed by atoms with van der Waals surface area (Å²) in [6, 6.07) is 3.93. The maximum Gasteiger partial charge on any atom is 0.239 e. The number of carbonyl (C=O) groups is 1. The third kappa shape index (κ3) is 3.29. The van der Waals surface area contributed by atoms with Crippen molar-refractivity contribution in [1.29, 1.82) is 5.26 Å². The maximum atomic E-state index is 11.9. The molecule has 1 fully saturated rings. The van der Waals surface area contributed by atoms with Crippen LogP contribution in [0.25, 0.3) is 0 Å². The first-order valence-corrected chi connectivity index (χ1v) is 6.82.